The smallest absolute Gasteiger partial charge is 0.357 e. The number of nitrogens with zero attached hydrogens (tertiary/aromatic N) is 2. The van der Waals surface area contributed by atoms with Crippen molar-refractivity contribution in [3.05, 3.63) is 0 Å². The summed E-state index contributed by atoms with van der Waals surface area (Å²) in [7, 11) is 0. The molecule has 2 N–H and O–H groups in total. The van der Waals surface area contributed by atoms with Gasteiger partial charge in [0.25, 0.3) is 0 Å². The topological polar surface area (TPSA) is 39.7 Å². The summed E-state index contributed by atoms with van der Waals surface area (Å²) in [4.78, 5) is 7.00. The summed E-state index contributed by atoms with van der Waals surface area (Å²) in [6.07, 6.45) is -1.73. The molecule has 0 amide bonds. The van der Waals surface area contributed by atoms with Crippen LogP contribution in [-0.2, 0) is 0 Å². The lowest BCUT2D eigenvalue weighted by molar-refractivity contribution is -0.135. The molecule has 0 aromatic heterocycles. The lowest BCUT2D eigenvalue weighted by Crippen LogP contribution is -2.39. The maximum absolute atomic E-state index is 12.1. The summed E-state index contributed by atoms with van der Waals surface area (Å²) < 4.78 is 36.2. The van der Waals surface area contributed by atoms with Crippen LogP contribution in [0.2, 0.25) is 0 Å². The van der Waals surface area contributed by atoms with E-state index in [0.29, 0.717) is 25.0 Å². The van der Waals surface area contributed by atoms with Gasteiger partial charge in [0.1, 0.15) is 0 Å². The van der Waals surface area contributed by atoms with Crippen molar-refractivity contribution >= 4 is 29.9 Å². The zero-order valence-electron chi connectivity index (χ0n) is 14.1. The van der Waals surface area contributed by atoms with Gasteiger partial charge in [0, 0.05) is 25.6 Å². The minimum absolute atomic E-state index is 0. The SMILES string of the molecule is CCNC(=NCC1CCCN1CC)NCCCCC(F)(F)F.I. The fourth-order valence-corrected chi connectivity index (χ4v) is 2.71. The van der Waals surface area contributed by atoms with Crippen molar-refractivity contribution in [3.8, 4) is 0 Å². The van der Waals surface area contributed by atoms with Crippen LogP contribution < -0.4 is 10.6 Å². The van der Waals surface area contributed by atoms with Gasteiger partial charge in [0.15, 0.2) is 5.96 Å². The molecule has 138 valence electrons. The third-order valence-corrected chi connectivity index (χ3v) is 3.89. The average molecular weight is 450 g/mol. The highest BCUT2D eigenvalue weighted by Crippen LogP contribution is 2.21. The largest absolute Gasteiger partial charge is 0.389 e. The molecule has 23 heavy (non-hydrogen) atoms. The Hall–Kier alpha value is -0.250. The molecular formula is C15H30F3IN4. The van der Waals surface area contributed by atoms with Gasteiger partial charge in [0.05, 0.1) is 6.54 Å². The lowest BCUT2D eigenvalue weighted by atomic mass is 10.2. The van der Waals surface area contributed by atoms with E-state index >= 15 is 0 Å². The first kappa shape index (κ1) is 22.8. The van der Waals surface area contributed by atoms with Crippen LogP contribution in [0.15, 0.2) is 4.99 Å². The maximum Gasteiger partial charge on any atom is 0.389 e. The molecule has 0 aromatic rings. The summed E-state index contributed by atoms with van der Waals surface area (Å²) in [5.74, 6) is 0.706. The molecule has 0 aromatic carbocycles. The van der Waals surface area contributed by atoms with E-state index in [2.05, 4.69) is 27.4 Å². The summed E-state index contributed by atoms with van der Waals surface area (Å²) >= 11 is 0. The molecule has 1 heterocycles. The standard InChI is InChI=1S/C15H29F3N4.HI/c1-3-19-14(20-10-6-5-9-15(16,17)18)21-12-13-8-7-11-22(13)4-2;/h13H,3-12H2,1-2H3,(H2,19,20,21);1H. The number of hydrogen-bond donors (Lipinski definition) is 2. The van der Waals surface area contributed by atoms with Gasteiger partial charge in [-0.1, -0.05) is 6.92 Å². The number of halogens is 4. The van der Waals surface area contributed by atoms with Gasteiger partial charge in [0.2, 0.25) is 0 Å². The number of likely N-dealkylation sites (tertiary alicyclic amines) is 1. The quantitative estimate of drug-likeness (QED) is 0.258. The Morgan fingerprint density at radius 2 is 1.96 bits per heavy atom. The Morgan fingerprint density at radius 3 is 2.57 bits per heavy atom. The fourth-order valence-electron chi connectivity index (χ4n) is 2.71. The second-order valence-electron chi connectivity index (χ2n) is 5.64. The number of unbranched alkanes of at least 4 members (excludes halogenated alkanes) is 1. The van der Waals surface area contributed by atoms with Gasteiger partial charge >= 0.3 is 6.18 Å². The van der Waals surface area contributed by atoms with Crippen LogP contribution in [0.5, 0.6) is 0 Å². The van der Waals surface area contributed by atoms with E-state index in [1.165, 1.54) is 12.8 Å². The van der Waals surface area contributed by atoms with E-state index in [1.807, 2.05) is 6.92 Å². The first-order valence-electron chi connectivity index (χ1n) is 8.29. The van der Waals surface area contributed by atoms with Crippen LogP contribution in [-0.4, -0.2) is 55.8 Å². The second-order valence-corrected chi connectivity index (χ2v) is 5.64. The van der Waals surface area contributed by atoms with Crippen LogP contribution >= 0.6 is 24.0 Å². The first-order valence-corrected chi connectivity index (χ1v) is 8.29. The number of aliphatic imine (C=N–C) groups is 1. The Kier molecular flexibility index (Phi) is 12.0. The zero-order valence-corrected chi connectivity index (χ0v) is 16.4. The summed E-state index contributed by atoms with van der Waals surface area (Å²) in [6.45, 7) is 8.33. The molecule has 1 aliphatic rings. The molecule has 1 saturated heterocycles. The Bertz CT molecular complexity index is 337. The minimum Gasteiger partial charge on any atom is -0.357 e. The zero-order chi connectivity index (χ0) is 16.4. The molecule has 1 rings (SSSR count). The number of likely N-dealkylation sites (N-methyl/N-ethyl adjacent to an activating group) is 1. The highest BCUT2D eigenvalue weighted by molar-refractivity contribution is 14.0. The monoisotopic (exact) mass is 450 g/mol. The molecule has 0 aliphatic carbocycles. The number of rotatable bonds is 8. The van der Waals surface area contributed by atoms with Crippen molar-refractivity contribution in [2.24, 2.45) is 4.99 Å². The first-order chi connectivity index (χ1) is 10.5. The molecule has 1 atom stereocenters. The van der Waals surface area contributed by atoms with E-state index in [-0.39, 0.29) is 30.4 Å². The number of guanidine groups is 1. The van der Waals surface area contributed by atoms with Crippen molar-refractivity contribution in [2.75, 3.05) is 32.7 Å². The molecule has 0 saturated carbocycles. The van der Waals surface area contributed by atoms with Crippen molar-refractivity contribution in [2.45, 2.75) is 58.2 Å². The predicted molar refractivity (Wildman–Crippen MR) is 99.6 cm³/mol. The van der Waals surface area contributed by atoms with Crippen LogP contribution in [0, 0.1) is 0 Å². The third-order valence-electron chi connectivity index (χ3n) is 3.89. The van der Waals surface area contributed by atoms with Gasteiger partial charge < -0.3 is 10.6 Å². The highest BCUT2D eigenvalue weighted by Gasteiger charge is 2.25. The van der Waals surface area contributed by atoms with E-state index in [9.17, 15) is 13.2 Å². The third kappa shape index (κ3) is 10.3. The van der Waals surface area contributed by atoms with Gasteiger partial charge in [-0.05, 0) is 45.7 Å². The van der Waals surface area contributed by atoms with Crippen molar-refractivity contribution in [3.63, 3.8) is 0 Å². The normalized spacial score (nSPS) is 19.5. The molecule has 1 unspecified atom stereocenters. The molecule has 1 aliphatic heterocycles. The molecule has 8 heteroatoms. The molecule has 0 bridgehead atoms. The van der Waals surface area contributed by atoms with Crippen LogP contribution in [0.25, 0.3) is 0 Å². The maximum atomic E-state index is 12.1. The van der Waals surface area contributed by atoms with Gasteiger partial charge in [-0.25, -0.2) is 0 Å². The molecule has 0 spiro atoms. The van der Waals surface area contributed by atoms with Crippen LogP contribution in [0.4, 0.5) is 13.2 Å². The van der Waals surface area contributed by atoms with Crippen molar-refractivity contribution in [1.82, 2.24) is 15.5 Å². The molecule has 4 nitrogen and oxygen atoms in total. The van der Waals surface area contributed by atoms with Gasteiger partial charge in [-0.15, -0.1) is 24.0 Å². The summed E-state index contributed by atoms with van der Waals surface area (Å²) in [5.41, 5.74) is 0. The number of hydrogen-bond acceptors (Lipinski definition) is 2. The minimum atomic E-state index is -4.05. The predicted octanol–water partition coefficient (Wildman–Crippen LogP) is 3.38. The van der Waals surface area contributed by atoms with Crippen LogP contribution in [0.3, 0.4) is 0 Å². The van der Waals surface area contributed by atoms with Crippen molar-refractivity contribution in [1.29, 1.82) is 0 Å². The van der Waals surface area contributed by atoms with E-state index < -0.39 is 12.6 Å². The fraction of sp³-hybridized carbons (Fsp3) is 0.933. The van der Waals surface area contributed by atoms with E-state index in [4.69, 9.17) is 0 Å². The van der Waals surface area contributed by atoms with Gasteiger partial charge in [-0.3, -0.25) is 9.89 Å². The summed E-state index contributed by atoms with van der Waals surface area (Å²) in [5, 5.41) is 6.26. The van der Waals surface area contributed by atoms with Crippen molar-refractivity contribution < 1.29 is 13.2 Å². The number of alkyl halides is 3. The Labute approximate surface area is 154 Å². The number of nitrogens with one attached hydrogen (secondary N) is 2. The Balaban J connectivity index is 0.00000484. The average Bonchev–Trinajstić information content (AvgIpc) is 2.90. The van der Waals surface area contributed by atoms with Gasteiger partial charge in [-0.2, -0.15) is 13.2 Å². The van der Waals surface area contributed by atoms with E-state index in [0.717, 1.165) is 26.2 Å². The van der Waals surface area contributed by atoms with Crippen LogP contribution in [0.1, 0.15) is 46.0 Å². The molecular weight excluding hydrogens is 420 g/mol. The lowest BCUT2D eigenvalue weighted by Gasteiger charge is -2.21. The molecule has 1 fully saturated rings. The second kappa shape index (κ2) is 12.2. The summed E-state index contributed by atoms with van der Waals surface area (Å²) in [6, 6.07) is 0.491. The Morgan fingerprint density at radius 1 is 1.22 bits per heavy atom. The highest BCUT2D eigenvalue weighted by atomic mass is 127. The van der Waals surface area contributed by atoms with E-state index in [1.54, 1.807) is 0 Å². The molecule has 0 radical (unpaired) electrons.